The molecule has 3 aromatic rings. The van der Waals surface area contributed by atoms with Crippen LogP contribution in [0.3, 0.4) is 0 Å². The van der Waals surface area contributed by atoms with E-state index in [2.05, 4.69) is 30.3 Å². The second-order valence-corrected chi connectivity index (χ2v) is 9.00. The Morgan fingerprint density at radius 2 is 1.77 bits per heavy atom. The first-order chi connectivity index (χ1) is 14.4. The first-order valence-electron chi connectivity index (χ1n) is 10.4. The molecule has 0 bridgehead atoms. The number of ether oxygens (including phenoxy) is 1. The van der Waals surface area contributed by atoms with Gasteiger partial charge in [-0.2, -0.15) is 0 Å². The standard InChI is InChI=1S/C25H25ClO4/c1-14-22(27)23(28)24(29)25(30-14)9-8-18-13-21(26)19(12-20(18)25)11-15-6-7-16-4-2-3-5-17(16)10-15/h2-7,10,12-14,22-24,27-29H,8-9,11H2,1H3/t14-,22-,23+,24-,25+/m1/s1. The summed E-state index contributed by atoms with van der Waals surface area (Å²) in [5, 5.41) is 34.5. The summed E-state index contributed by atoms with van der Waals surface area (Å²) in [5.74, 6) is 0. The van der Waals surface area contributed by atoms with Crippen LogP contribution in [0.1, 0.15) is 35.6 Å². The molecule has 156 valence electrons. The third kappa shape index (κ3) is 3.06. The Morgan fingerprint density at radius 1 is 1.00 bits per heavy atom. The highest BCUT2D eigenvalue weighted by atomic mass is 35.5. The number of hydrogen-bond donors (Lipinski definition) is 3. The molecule has 2 aliphatic rings. The maximum absolute atomic E-state index is 10.9. The number of fused-ring (bicyclic) bond motifs is 3. The molecule has 5 rings (SSSR count). The Balaban J connectivity index is 1.54. The minimum atomic E-state index is -1.25. The largest absolute Gasteiger partial charge is 0.388 e. The number of rotatable bonds is 2. The second-order valence-electron chi connectivity index (χ2n) is 8.60. The molecule has 0 unspecified atom stereocenters. The Kier molecular flexibility index (Phi) is 4.88. The fraction of sp³-hybridized carbons (Fsp3) is 0.360. The molecule has 1 aliphatic carbocycles. The van der Waals surface area contributed by atoms with Gasteiger partial charge in [-0.3, -0.25) is 0 Å². The lowest BCUT2D eigenvalue weighted by Crippen LogP contribution is -2.61. The van der Waals surface area contributed by atoms with E-state index in [1.54, 1.807) is 6.92 Å². The fourth-order valence-corrected chi connectivity index (χ4v) is 5.31. The first kappa shape index (κ1) is 20.0. The number of halogens is 1. The van der Waals surface area contributed by atoms with Gasteiger partial charge in [-0.1, -0.05) is 60.1 Å². The van der Waals surface area contributed by atoms with Gasteiger partial charge in [0.15, 0.2) is 0 Å². The maximum Gasteiger partial charge on any atom is 0.123 e. The van der Waals surface area contributed by atoms with Crippen LogP contribution in [-0.4, -0.2) is 39.7 Å². The number of aliphatic hydroxyl groups is 3. The highest BCUT2D eigenvalue weighted by Crippen LogP contribution is 2.49. The van der Waals surface area contributed by atoms with Gasteiger partial charge in [-0.25, -0.2) is 0 Å². The van der Waals surface area contributed by atoms with Crippen LogP contribution in [-0.2, 0) is 23.2 Å². The molecule has 1 aliphatic heterocycles. The monoisotopic (exact) mass is 424 g/mol. The molecule has 3 N–H and O–H groups in total. The molecule has 0 aromatic heterocycles. The van der Waals surface area contributed by atoms with E-state index in [1.165, 1.54) is 10.8 Å². The molecule has 5 atom stereocenters. The molecular formula is C25H25ClO4. The molecule has 1 spiro atoms. The van der Waals surface area contributed by atoms with Gasteiger partial charge in [0.2, 0.25) is 0 Å². The summed E-state index contributed by atoms with van der Waals surface area (Å²) in [6, 6.07) is 18.6. The van der Waals surface area contributed by atoms with Gasteiger partial charge in [0, 0.05) is 5.02 Å². The summed E-state index contributed by atoms with van der Waals surface area (Å²) >= 11 is 6.63. The van der Waals surface area contributed by atoms with Crippen LogP contribution < -0.4 is 0 Å². The molecule has 0 saturated carbocycles. The number of hydrogen-bond acceptors (Lipinski definition) is 4. The summed E-state index contributed by atoms with van der Waals surface area (Å²) in [6.07, 6.45) is -2.22. The van der Waals surface area contributed by atoms with Crippen LogP contribution in [0.2, 0.25) is 5.02 Å². The van der Waals surface area contributed by atoms with E-state index < -0.39 is 30.0 Å². The van der Waals surface area contributed by atoms with E-state index in [-0.39, 0.29) is 0 Å². The van der Waals surface area contributed by atoms with Crippen molar-refractivity contribution in [3.05, 3.63) is 81.9 Å². The average molecular weight is 425 g/mol. The van der Waals surface area contributed by atoms with Crippen molar-refractivity contribution in [1.29, 1.82) is 0 Å². The molecular weight excluding hydrogens is 400 g/mol. The third-order valence-electron chi connectivity index (χ3n) is 6.73. The highest BCUT2D eigenvalue weighted by Gasteiger charge is 2.55. The van der Waals surface area contributed by atoms with Crippen molar-refractivity contribution in [3.8, 4) is 0 Å². The molecule has 1 fully saturated rings. The lowest BCUT2D eigenvalue weighted by Gasteiger charge is -2.47. The molecule has 0 radical (unpaired) electrons. The van der Waals surface area contributed by atoms with E-state index in [1.807, 2.05) is 24.3 Å². The Labute approximate surface area is 180 Å². The summed E-state index contributed by atoms with van der Waals surface area (Å²) in [4.78, 5) is 0. The molecule has 0 amide bonds. The van der Waals surface area contributed by atoms with E-state index in [9.17, 15) is 15.3 Å². The first-order valence-corrected chi connectivity index (χ1v) is 10.8. The highest BCUT2D eigenvalue weighted by molar-refractivity contribution is 6.31. The minimum absolute atomic E-state index is 0.549. The van der Waals surface area contributed by atoms with Crippen LogP contribution in [0, 0.1) is 0 Å². The molecule has 3 aromatic carbocycles. The van der Waals surface area contributed by atoms with E-state index in [0.29, 0.717) is 24.3 Å². The smallest absolute Gasteiger partial charge is 0.123 e. The third-order valence-corrected chi connectivity index (χ3v) is 7.08. The van der Waals surface area contributed by atoms with E-state index >= 15 is 0 Å². The van der Waals surface area contributed by atoms with Crippen LogP contribution in [0.5, 0.6) is 0 Å². The van der Waals surface area contributed by atoms with E-state index in [0.717, 1.165) is 22.3 Å². The number of benzene rings is 3. The Bertz CT molecular complexity index is 1110. The van der Waals surface area contributed by atoms with Gasteiger partial charge in [0.25, 0.3) is 0 Å². The van der Waals surface area contributed by atoms with Gasteiger partial charge in [0.05, 0.1) is 6.10 Å². The van der Waals surface area contributed by atoms with Crippen molar-refractivity contribution in [2.24, 2.45) is 0 Å². The predicted molar refractivity (Wildman–Crippen MR) is 117 cm³/mol. The number of aryl methyl sites for hydroxylation is 1. The average Bonchev–Trinajstić information content (AvgIpc) is 3.09. The second kappa shape index (κ2) is 7.33. The zero-order valence-electron chi connectivity index (χ0n) is 16.8. The molecule has 5 heteroatoms. The van der Waals surface area contributed by atoms with Crippen LogP contribution in [0.25, 0.3) is 10.8 Å². The zero-order chi connectivity index (χ0) is 21.0. The SMILES string of the molecule is C[C@H]1O[C@]2(CCc3cc(Cl)c(Cc4ccc5ccccc5c4)cc32)[C@H](O)[C@@H](O)[C@@H]1O. The normalized spacial score (nSPS) is 30.7. The van der Waals surface area contributed by atoms with Crippen LogP contribution >= 0.6 is 11.6 Å². The van der Waals surface area contributed by atoms with Gasteiger partial charge >= 0.3 is 0 Å². The van der Waals surface area contributed by atoms with Gasteiger partial charge in [0.1, 0.15) is 23.9 Å². The van der Waals surface area contributed by atoms with Gasteiger partial charge in [-0.05, 0) is 65.3 Å². The fourth-order valence-electron chi connectivity index (χ4n) is 5.06. The summed E-state index contributed by atoms with van der Waals surface area (Å²) in [7, 11) is 0. The summed E-state index contributed by atoms with van der Waals surface area (Å²) < 4.78 is 6.16. The predicted octanol–water partition coefficient (Wildman–Crippen LogP) is 3.73. The zero-order valence-corrected chi connectivity index (χ0v) is 17.5. The van der Waals surface area contributed by atoms with Crippen molar-refractivity contribution in [3.63, 3.8) is 0 Å². The molecule has 1 heterocycles. The van der Waals surface area contributed by atoms with Crippen molar-refractivity contribution in [2.45, 2.75) is 56.2 Å². The lowest BCUT2D eigenvalue weighted by molar-refractivity contribution is -0.268. The quantitative estimate of drug-likeness (QED) is 0.586. The molecule has 4 nitrogen and oxygen atoms in total. The maximum atomic E-state index is 10.9. The Hall–Kier alpha value is -1.95. The lowest BCUT2D eigenvalue weighted by atomic mass is 9.80. The van der Waals surface area contributed by atoms with Crippen LogP contribution in [0.4, 0.5) is 0 Å². The topological polar surface area (TPSA) is 69.9 Å². The summed E-state index contributed by atoms with van der Waals surface area (Å²) in [5.41, 5.74) is 2.98. The summed E-state index contributed by atoms with van der Waals surface area (Å²) in [6.45, 7) is 1.73. The van der Waals surface area contributed by atoms with Crippen molar-refractivity contribution >= 4 is 22.4 Å². The Morgan fingerprint density at radius 3 is 2.57 bits per heavy atom. The van der Waals surface area contributed by atoms with Gasteiger partial charge < -0.3 is 20.1 Å². The van der Waals surface area contributed by atoms with Crippen molar-refractivity contribution < 1.29 is 20.1 Å². The molecule has 30 heavy (non-hydrogen) atoms. The molecule has 1 saturated heterocycles. The van der Waals surface area contributed by atoms with Crippen molar-refractivity contribution in [1.82, 2.24) is 0 Å². The van der Waals surface area contributed by atoms with Gasteiger partial charge in [-0.15, -0.1) is 0 Å². The number of aliphatic hydroxyl groups excluding tert-OH is 3. The van der Waals surface area contributed by atoms with E-state index in [4.69, 9.17) is 16.3 Å². The van der Waals surface area contributed by atoms with Crippen molar-refractivity contribution in [2.75, 3.05) is 0 Å². The van der Waals surface area contributed by atoms with Crippen LogP contribution in [0.15, 0.2) is 54.6 Å². The minimum Gasteiger partial charge on any atom is -0.388 e.